The summed E-state index contributed by atoms with van der Waals surface area (Å²) in [5.74, 6) is -0.737. The summed E-state index contributed by atoms with van der Waals surface area (Å²) >= 11 is 0. The highest BCUT2D eigenvalue weighted by atomic mass is 32.2. The second kappa shape index (κ2) is 6.50. The Balaban J connectivity index is 2.05. The first-order valence-electron chi connectivity index (χ1n) is 6.22. The zero-order valence-electron chi connectivity index (χ0n) is 11.3. The third-order valence-electron chi connectivity index (χ3n) is 2.56. The third-order valence-corrected chi connectivity index (χ3v) is 3.99. The number of aromatic nitrogens is 4. The van der Waals surface area contributed by atoms with Gasteiger partial charge in [0.15, 0.2) is 5.03 Å². The van der Waals surface area contributed by atoms with Crippen molar-refractivity contribution in [1.82, 2.24) is 24.7 Å². The normalized spacial score (nSPS) is 11.5. The molecule has 0 aliphatic rings. The lowest BCUT2D eigenvalue weighted by Gasteiger charge is -2.07. The smallest absolute Gasteiger partial charge is 0.342 e. The van der Waals surface area contributed by atoms with E-state index in [4.69, 9.17) is 4.74 Å². The van der Waals surface area contributed by atoms with E-state index in [1.165, 1.54) is 0 Å². The number of H-pyrrole nitrogens is 1. The minimum atomic E-state index is -3.87. The largest absolute Gasteiger partial charge is 0.462 e. The molecule has 21 heavy (non-hydrogen) atoms. The summed E-state index contributed by atoms with van der Waals surface area (Å²) in [5, 5.41) is 9.54. The topological polar surface area (TPSA) is 119 Å². The van der Waals surface area contributed by atoms with E-state index in [1.54, 1.807) is 30.1 Å². The van der Waals surface area contributed by atoms with Gasteiger partial charge in [-0.2, -0.15) is 10.2 Å². The molecule has 114 valence electrons. The fourth-order valence-corrected chi connectivity index (χ4v) is 2.74. The van der Waals surface area contributed by atoms with Crippen molar-refractivity contribution in [2.24, 2.45) is 0 Å². The zero-order chi connectivity index (χ0) is 15.3. The maximum atomic E-state index is 12.1. The van der Waals surface area contributed by atoms with Gasteiger partial charge in [-0.05, 0) is 13.0 Å². The van der Waals surface area contributed by atoms with Crippen LogP contribution in [0.4, 0.5) is 0 Å². The standard InChI is InChI=1S/C11H15N5O4S/c1-2-20-11(17)9-8-12-15-10(9)21(18,19)14-5-7-16-6-3-4-13-16/h3-4,6,8,14H,2,5,7H2,1H3,(H,12,15). The maximum Gasteiger partial charge on any atom is 0.342 e. The first kappa shape index (κ1) is 15.2. The Labute approximate surface area is 121 Å². The average molecular weight is 313 g/mol. The number of nitrogens with one attached hydrogen (secondary N) is 2. The Kier molecular flexibility index (Phi) is 4.70. The summed E-state index contributed by atoms with van der Waals surface area (Å²) in [6.07, 6.45) is 4.44. The monoisotopic (exact) mass is 313 g/mol. The molecule has 0 saturated carbocycles. The summed E-state index contributed by atoms with van der Waals surface area (Å²) in [5.41, 5.74) is -0.122. The highest BCUT2D eigenvalue weighted by Gasteiger charge is 2.25. The van der Waals surface area contributed by atoms with Gasteiger partial charge in [0.2, 0.25) is 0 Å². The van der Waals surface area contributed by atoms with E-state index in [9.17, 15) is 13.2 Å². The number of carbonyl (C=O) groups excluding carboxylic acids is 1. The number of sulfonamides is 1. The van der Waals surface area contributed by atoms with Gasteiger partial charge in [-0.1, -0.05) is 0 Å². The van der Waals surface area contributed by atoms with Crippen LogP contribution in [0.15, 0.2) is 29.7 Å². The molecule has 0 aliphatic heterocycles. The van der Waals surface area contributed by atoms with Gasteiger partial charge >= 0.3 is 5.97 Å². The van der Waals surface area contributed by atoms with Crippen LogP contribution in [-0.2, 0) is 21.3 Å². The van der Waals surface area contributed by atoms with Crippen molar-refractivity contribution in [2.75, 3.05) is 13.2 Å². The molecule has 9 nitrogen and oxygen atoms in total. The van der Waals surface area contributed by atoms with Gasteiger partial charge < -0.3 is 4.74 Å². The average Bonchev–Trinajstić information content (AvgIpc) is 3.10. The Bertz CT molecular complexity index is 692. The van der Waals surface area contributed by atoms with Gasteiger partial charge in [0.1, 0.15) is 5.56 Å². The molecule has 10 heteroatoms. The summed E-state index contributed by atoms with van der Waals surface area (Å²) in [4.78, 5) is 11.6. The van der Waals surface area contributed by atoms with Crippen molar-refractivity contribution in [3.05, 3.63) is 30.2 Å². The number of hydrogen-bond acceptors (Lipinski definition) is 6. The lowest BCUT2D eigenvalue weighted by Crippen LogP contribution is -2.29. The molecule has 0 spiro atoms. The maximum absolute atomic E-state index is 12.1. The highest BCUT2D eigenvalue weighted by molar-refractivity contribution is 7.89. The third kappa shape index (κ3) is 3.67. The Morgan fingerprint density at radius 3 is 3.00 bits per heavy atom. The van der Waals surface area contributed by atoms with Crippen molar-refractivity contribution in [3.63, 3.8) is 0 Å². The molecular weight excluding hydrogens is 298 g/mol. The van der Waals surface area contributed by atoms with Crippen LogP contribution in [0.25, 0.3) is 0 Å². The van der Waals surface area contributed by atoms with Gasteiger partial charge in [-0.25, -0.2) is 17.9 Å². The van der Waals surface area contributed by atoms with E-state index in [2.05, 4.69) is 20.0 Å². The molecule has 2 aromatic heterocycles. The van der Waals surface area contributed by atoms with E-state index in [1.807, 2.05) is 0 Å². The predicted molar refractivity (Wildman–Crippen MR) is 72.0 cm³/mol. The van der Waals surface area contributed by atoms with Gasteiger partial charge in [0.25, 0.3) is 10.0 Å². The first-order chi connectivity index (χ1) is 10.0. The highest BCUT2D eigenvalue weighted by Crippen LogP contribution is 2.12. The Morgan fingerprint density at radius 1 is 1.52 bits per heavy atom. The minimum Gasteiger partial charge on any atom is -0.462 e. The van der Waals surface area contributed by atoms with Gasteiger partial charge in [0.05, 0.1) is 19.3 Å². The molecule has 0 amide bonds. The molecule has 2 aromatic rings. The molecule has 0 fully saturated rings. The number of carbonyl (C=O) groups is 1. The van der Waals surface area contributed by atoms with Crippen molar-refractivity contribution in [3.8, 4) is 0 Å². The number of nitrogens with zero attached hydrogens (tertiary/aromatic N) is 3. The molecule has 2 rings (SSSR count). The van der Waals surface area contributed by atoms with Crippen LogP contribution in [-0.4, -0.2) is 47.5 Å². The SMILES string of the molecule is CCOC(=O)c1cn[nH]c1S(=O)(=O)NCCn1cccn1. The lowest BCUT2D eigenvalue weighted by atomic mass is 10.4. The van der Waals surface area contributed by atoms with E-state index in [0.29, 0.717) is 6.54 Å². The number of hydrogen-bond donors (Lipinski definition) is 2. The minimum absolute atomic E-state index is 0.122. The van der Waals surface area contributed by atoms with Crippen molar-refractivity contribution < 1.29 is 17.9 Å². The molecular formula is C11H15N5O4S. The van der Waals surface area contributed by atoms with Crippen molar-refractivity contribution in [1.29, 1.82) is 0 Å². The van der Waals surface area contributed by atoms with Crippen LogP contribution in [0.3, 0.4) is 0 Å². The molecule has 0 unspecified atom stereocenters. The quantitative estimate of drug-likeness (QED) is 0.681. The number of rotatable bonds is 7. The summed E-state index contributed by atoms with van der Waals surface area (Å²) in [6, 6.07) is 1.74. The van der Waals surface area contributed by atoms with Crippen LogP contribution >= 0.6 is 0 Å². The summed E-state index contributed by atoms with van der Waals surface area (Å²) in [7, 11) is -3.87. The molecule has 0 radical (unpaired) electrons. The molecule has 2 heterocycles. The number of aromatic amines is 1. The molecule has 2 N–H and O–H groups in total. The number of esters is 1. The van der Waals surface area contributed by atoms with Crippen molar-refractivity contribution >= 4 is 16.0 Å². The zero-order valence-corrected chi connectivity index (χ0v) is 12.1. The van der Waals surface area contributed by atoms with E-state index in [-0.39, 0.29) is 23.7 Å². The Morgan fingerprint density at radius 2 is 2.33 bits per heavy atom. The molecule has 0 bridgehead atoms. The van der Waals surface area contributed by atoms with Crippen LogP contribution < -0.4 is 4.72 Å². The van der Waals surface area contributed by atoms with E-state index in [0.717, 1.165) is 6.20 Å². The van der Waals surface area contributed by atoms with Gasteiger partial charge in [0, 0.05) is 18.9 Å². The second-order valence-corrected chi connectivity index (χ2v) is 5.70. The van der Waals surface area contributed by atoms with Gasteiger partial charge in [-0.15, -0.1) is 0 Å². The van der Waals surface area contributed by atoms with Crippen LogP contribution in [0.5, 0.6) is 0 Å². The number of ether oxygens (including phenoxy) is 1. The lowest BCUT2D eigenvalue weighted by molar-refractivity contribution is 0.0522. The van der Waals surface area contributed by atoms with E-state index >= 15 is 0 Å². The Hall–Kier alpha value is -2.20. The van der Waals surface area contributed by atoms with E-state index < -0.39 is 16.0 Å². The molecule has 0 aliphatic carbocycles. The predicted octanol–water partition coefficient (Wildman–Crippen LogP) is -0.239. The van der Waals surface area contributed by atoms with Gasteiger partial charge in [-0.3, -0.25) is 9.78 Å². The second-order valence-electron chi connectivity index (χ2n) is 4.00. The molecule has 0 atom stereocenters. The van der Waals surface area contributed by atoms with Crippen LogP contribution in [0.1, 0.15) is 17.3 Å². The van der Waals surface area contributed by atoms with Crippen LogP contribution in [0.2, 0.25) is 0 Å². The fraction of sp³-hybridized carbons (Fsp3) is 0.364. The molecule has 0 saturated heterocycles. The first-order valence-corrected chi connectivity index (χ1v) is 7.70. The summed E-state index contributed by atoms with van der Waals surface area (Å²) < 4.78 is 33.0. The van der Waals surface area contributed by atoms with Crippen molar-refractivity contribution in [2.45, 2.75) is 18.5 Å². The van der Waals surface area contributed by atoms with Crippen LogP contribution in [0, 0.1) is 0 Å². The summed E-state index contributed by atoms with van der Waals surface area (Å²) in [6.45, 7) is 2.28. The fourth-order valence-electron chi connectivity index (χ4n) is 1.63. The molecule has 0 aromatic carbocycles.